The van der Waals surface area contributed by atoms with E-state index < -0.39 is 0 Å². The molecular formula is C13H24N5OS2+. The van der Waals surface area contributed by atoms with Gasteiger partial charge in [-0.2, -0.15) is 0 Å². The van der Waals surface area contributed by atoms with Gasteiger partial charge < -0.3 is 10.2 Å². The van der Waals surface area contributed by atoms with Gasteiger partial charge in [0.2, 0.25) is 5.13 Å². The summed E-state index contributed by atoms with van der Waals surface area (Å²) < 4.78 is 0.916. The van der Waals surface area contributed by atoms with Crippen LogP contribution in [0.15, 0.2) is 4.34 Å². The molecule has 8 heteroatoms. The Morgan fingerprint density at radius 3 is 2.71 bits per heavy atom. The van der Waals surface area contributed by atoms with Gasteiger partial charge in [-0.05, 0) is 20.8 Å². The van der Waals surface area contributed by atoms with Crippen molar-refractivity contribution in [2.45, 2.75) is 43.5 Å². The van der Waals surface area contributed by atoms with Crippen LogP contribution in [-0.2, 0) is 0 Å². The van der Waals surface area contributed by atoms with Crippen LogP contribution < -0.4 is 15.5 Å². The van der Waals surface area contributed by atoms with Crippen LogP contribution in [0.3, 0.4) is 0 Å². The Labute approximate surface area is 134 Å². The first-order chi connectivity index (χ1) is 9.92. The number of aromatic nitrogens is 2. The van der Waals surface area contributed by atoms with Gasteiger partial charge in [0.05, 0.1) is 19.6 Å². The lowest BCUT2D eigenvalue weighted by Crippen LogP contribution is -3.10. The summed E-state index contributed by atoms with van der Waals surface area (Å²) in [5.74, 6) is 1.05. The number of amides is 2. The zero-order valence-corrected chi connectivity index (χ0v) is 14.5. The zero-order chi connectivity index (χ0) is 15.3. The van der Waals surface area contributed by atoms with Crippen LogP contribution in [0.1, 0.15) is 33.6 Å². The van der Waals surface area contributed by atoms with Crippen molar-refractivity contribution in [1.82, 2.24) is 15.5 Å². The molecule has 0 radical (unpaired) electrons. The Balaban J connectivity index is 1.71. The highest BCUT2D eigenvalue weighted by molar-refractivity contribution is 8.01. The Morgan fingerprint density at radius 2 is 2.05 bits per heavy atom. The molecular weight excluding hydrogens is 306 g/mol. The number of carbonyl (C=O) groups is 1. The highest BCUT2D eigenvalue weighted by Gasteiger charge is 2.17. The minimum absolute atomic E-state index is 0.239. The van der Waals surface area contributed by atoms with Crippen LogP contribution in [-0.4, -0.2) is 47.2 Å². The topological polar surface area (TPSA) is 71.3 Å². The average Bonchev–Trinajstić information content (AvgIpc) is 2.98. The highest BCUT2D eigenvalue weighted by Crippen LogP contribution is 2.24. The maximum atomic E-state index is 11.7. The average molecular weight is 331 g/mol. The lowest BCUT2D eigenvalue weighted by Gasteiger charge is -2.19. The molecule has 2 amide bonds. The molecule has 0 aliphatic carbocycles. The van der Waals surface area contributed by atoms with E-state index in [1.807, 2.05) is 20.8 Å². The number of quaternary nitrogens is 1. The number of rotatable bonds is 5. The highest BCUT2D eigenvalue weighted by atomic mass is 32.2. The minimum atomic E-state index is -0.259. The van der Waals surface area contributed by atoms with Gasteiger partial charge in [-0.25, -0.2) is 4.79 Å². The number of hydrogen-bond acceptors (Lipinski definition) is 5. The van der Waals surface area contributed by atoms with Crippen molar-refractivity contribution < 1.29 is 9.69 Å². The number of thioether (sulfide) groups is 1. The minimum Gasteiger partial charge on any atom is -0.334 e. The van der Waals surface area contributed by atoms with Gasteiger partial charge in [-0.1, -0.05) is 23.1 Å². The molecule has 0 saturated carbocycles. The van der Waals surface area contributed by atoms with Crippen molar-refractivity contribution in [3.05, 3.63) is 0 Å². The Morgan fingerprint density at radius 1 is 1.33 bits per heavy atom. The van der Waals surface area contributed by atoms with E-state index in [9.17, 15) is 4.79 Å². The summed E-state index contributed by atoms with van der Waals surface area (Å²) in [6.45, 7) is 9.60. The second kappa shape index (κ2) is 7.42. The molecule has 1 aliphatic heterocycles. The van der Waals surface area contributed by atoms with Crippen molar-refractivity contribution in [2.24, 2.45) is 0 Å². The second-order valence-electron chi connectivity index (χ2n) is 6.26. The fourth-order valence-corrected chi connectivity index (χ4v) is 4.05. The van der Waals surface area contributed by atoms with Crippen LogP contribution in [0.2, 0.25) is 0 Å². The molecule has 0 aromatic carbocycles. The van der Waals surface area contributed by atoms with Crippen LogP contribution >= 0.6 is 23.1 Å². The molecule has 1 aromatic rings. The molecule has 0 spiro atoms. The molecule has 1 saturated heterocycles. The van der Waals surface area contributed by atoms with E-state index in [4.69, 9.17) is 0 Å². The number of anilines is 1. The first kappa shape index (κ1) is 16.5. The molecule has 6 nitrogen and oxygen atoms in total. The molecule has 0 bridgehead atoms. The van der Waals surface area contributed by atoms with Gasteiger partial charge >= 0.3 is 6.03 Å². The number of nitrogens with one attached hydrogen (secondary N) is 3. The molecule has 2 heterocycles. The molecule has 1 fully saturated rings. The quantitative estimate of drug-likeness (QED) is 0.561. The smallest absolute Gasteiger partial charge is 0.321 e. The van der Waals surface area contributed by atoms with Crippen molar-refractivity contribution in [1.29, 1.82) is 0 Å². The summed E-state index contributed by atoms with van der Waals surface area (Å²) >= 11 is 3.15. The molecule has 21 heavy (non-hydrogen) atoms. The van der Waals surface area contributed by atoms with E-state index in [0.717, 1.165) is 10.1 Å². The third-order valence-corrected chi connectivity index (χ3v) is 5.08. The van der Waals surface area contributed by atoms with Crippen molar-refractivity contribution >= 4 is 34.3 Å². The zero-order valence-electron chi connectivity index (χ0n) is 12.9. The van der Waals surface area contributed by atoms with Gasteiger partial charge in [-0.15, -0.1) is 10.2 Å². The number of nitrogens with zero attached hydrogens (tertiary/aromatic N) is 2. The number of urea groups is 1. The SMILES string of the molecule is CC(C)(C)NC(=O)Nc1nnc(SCC[NH+]2CCCC2)s1. The monoisotopic (exact) mass is 330 g/mol. The summed E-state index contributed by atoms with van der Waals surface area (Å²) in [5, 5.41) is 14.2. The van der Waals surface area contributed by atoms with Crippen LogP contribution in [0.5, 0.6) is 0 Å². The first-order valence-corrected chi connectivity index (χ1v) is 9.12. The van der Waals surface area contributed by atoms with Gasteiger partial charge in [0.15, 0.2) is 4.34 Å². The fraction of sp³-hybridized carbons (Fsp3) is 0.769. The Hall–Kier alpha value is -0.860. The number of likely N-dealkylation sites (tertiary alicyclic amines) is 1. The third-order valence-electron chi connectivity index (χ3n) is 3.11. The molecule has 118 valence electrons. The van der Waals surface area contributed by atoms with E-state index in [1.54, 1.807) is 16.7 Å². The van der Waals surface area contributed by atoms with Crippen molar-refractivity contribution in [3.63, 3.8) is 0 Å². The second-order valence-corrected chi connectivity index (χ2v) is 8.58. The van der Waals surface area contributed by atoms with E-state index in [0.29, 0.717) is 5.13 Å². The normalized spacial score (nSPS) is 16.1. The van der Waals surface area contributed by atoms with Gasteiger partial charge in [-0.3, -0.25) is 5.32 Å². The first-order valence-electron chi connectivity index (χ1n) is 7.31. The maximum absolute atomic E-state index is 11.7. The Kier molecular flexibility index (Phi) is 5.83. The standard InChI is InChI=1S/C13H23N5OS2/c1-13(2,3)15-10(19)14-11-16-17-12(21-11)20-9-8-18-6-4-5-7-18/h4-9H2,1-3H3,(H2,14,15,16,19)/p+1. The fourth-order valence-electron chi connectivity index (χ4n) is 2.20. The van der Waals surface area contributed by atoms with Gasteiger partial charge in [0.25, 0.3) is 0 Å². The van der Waals surface area contributed by atoms with Gasteiger partial charge in [0.1, 0.15) is 0 Å². The lowest BCUT2D eigenvalue weighted by molar-refractivity contribution is -0.884. The summed E-state index contributed by atoms with van der Waals surface area (Å²) in [6, 6.07) is -0.239. The van der Waals surface area contributed by atoms with Crippen molar-refractivity contribution in [2.75, 3.05) is 30.7 Å². The van der Waals surface area contributed by atoms with Gasteiger partial charge in [0, 0.05) is 24.1 Å². The van der Waals surface area contributed by atoms with E-state index in [-0.39, 0.29) is 11.6 Å². The molecule has 0 unspecified atom stereocenters. The summed E-state index contributed by atoms with van der Waals surface area (Å²) in [4.78, 5) is 13.4. The predicted molar refractivity (Wildman–Crippen MR) is 87.3 cm³/mol. The summed E-state index contributed by atoms with van der Waals surface area (Å²) in [6.07, 6.45) is 2.71. The molecule has 2 rings (SSSR count). The van der Waals surface area contributed by atoms with Crippen LogP contribution in [0, 0.1) is 0 Å². The third kappa shape index (κ3) is 6.19. The van der Waals surface area contributed by atoms with E-state index in [2.05, 4.69) is 20.8 Å². The summed E-state index contributed by atoms with van der Waals surface area (Å²) in [5.41, 5.74) is -0.259. The van der Waals surface area contributed by atoms with Crippen LogP contribution in [0.4, 0.5) is 9.93 Å². The van der Waals surface area contributed by atoms with E-state index >= 15 is 0 Å². The van der Waals surface area contributed by atoms with Crippen molar-refractivity contribution in [3.8, 4) is 0 Å². The lowest BCUT2D eigenvalue weighted by atomic mass is 10.1. The number of hydrogen-bond donors (Lipinski definition) is 3. The Bertz CT molecular complexity index is 465. The molecule has 3 N–H and O–H groups in total. The molecule has 1 aliphatic rings. The van der Waals surface area contributed by atoms with E-state index in [1.165, 1.54) is 43.8 Å². The largest absolute Gasteiger partial charge is 0.334 e. The maximum Gasteiger partial charge on any atom is 0.321 e. The van der Waals surface area contributed by atoms with Crippen LogP contribution in [0.25, 0.3) is 0 Å². The predicted octanol–water partition coefficient (Wildman–Crippen LogP) is 1.23. The number of carbonyl (C=O) groups excluding carboxylic acids is 1. The molecule has 1 aromatic heterocycles. The molecule has 0 atom stereocenters. The summed E-state index contributed by atoms with van der Waals surface area (Å²) in [7, 11) is 0.